The summed E-state index contributed by atoms with van der Waals surface area (Å²) in [6.45, 7) is 5.26. The average Bonchev–Trinajstić information content (AvgIpc) is 2.45. The summed E-state index contributed by atoms with van der Waals surface area (Å²) in [5.41, 5.74) is 5.27. The zero-order valence-electron chi connectivity index (χ0n) is 12.9. The summed E-state index contributed by atoms with van der Waals surface area (Å²) in [5.74, 6) is 0. The molecular formula is C18H24N2. The molecule has 20 heavy (non-hydrogen) atoms. The molecule has 2 aromatic rings. The van der Waals surface area contributed by atoms with Crippen LogP contribution < -0.4 is 10.2 Å². The Morgan fingerprint density at radius 1 is 1.05 bits per heavy atom. The minimum atomic E-state index is 0.335. The number of likely N-dealkylation sites (N-methyl/N-ethyl adjacent to an activating group) is 2. The highest BCUT2D eigenvalue weighted by molar-refractivity contribution is 5.54. The van der Waals surface area contributed by atoms with E-state index >= 15 is 0 Å². The van der Waals surface area contributed by atoms with Crippen LogP contribution in [0.1, 0.15) is 22.7 Å². The molecule has 0 aromatic heterocycles. The molecule has 2 heteroatoms. The number of rotatable bonds is 5. The molecule has 0 radical (unpaired) electrons. The Labute approximate surface area is 122 Å². The van der Waals surface area contributed by atoms with E-state index in [9.17, 15) is 0 Å². The van der Waals surface area contributed by atoms with Gasteiger partial charge in [-0.1, -0.05) is 48.0 Å². The van der Waals surface area contributed by atoms with Crippen LogP contribution in [0.2, 0.25) is 0 Å². The van der Waals surface area contributed by atoms with E-state index in [1.807, 2.05) is 7.05 Å². The molecule has 2 rings (SSSR count). The lowest BCUT2D eigenvalue weighted by Gasteiger charge is -2.27. The molecule has 0 aliphatic carbocycles. The molecule has 0 spiro atoms. The standard InChI is InChI=1S/C18H24N2/c1-14-10-11-18(15(2)12-14)20(4)13-17(19-3)16-8-6-5-7-9-16/h5-12,17,19H,13H2,1-4H3. The van der Waals surface area contributed by atoms with Gasteiger partial charge < -0.3 is 10.2 Å². The lowest BCUT2D eigenvalue weighted by molar-refractivity contribution is 0.589. The first-order chi connectivity index (χ1) is 9.61. The van der Waals surface area contributed by atoms with E-state index in [1.165, 1.54) is 22.4 Å². The van der Waals surface area contributed by atoms with Gasteiger partial charge in [0.25, 0.3) is 0 Å². The second-order valence-corrected chi connectivity index (χ2v) is 5.42. The van der Waals surface area contributed by atoms with Crippen LogP contribution in [0.25, 0.3) is 0 Å². The third kappa shape index (κ3) is 3.40. The lowest BCUT2D eigenvalue weighted by atomic mass is 10.1. The molecule has 0 bridgehead atoms. The fourth-order valence-electron chi connectivity index (χ4n) is 2.65. The molecule has 0 fully saturated rings. The van der Waals surface area contributed by atoms with Crippen LogP contribution in [-0.2, 0) is 0 Å². The van der Waals surface area contributed by atoms with Crippen molar-refractivity contribution < 1.29 is 0 Å². The maximum Gasteiger partial charge on any atom is 0.0495 e. The Balaban J connectivity index is 2.15. The van der Waals surface area contributed by atoms with Gasteiger partial charge >= 0.3 is 0 Å². The van der Waals surface area contributed by atoms with E-state index in [4.69, 9.17) is 0 Å². The van der Waals surface area contributed by atoms with Gasteiger partial charge in [0, 0.05) is 25.3 Å². The first-order valence-electron chi connectivity index (χ1n) is 7.12. The molecule has 0 heterocycles. The molecule has 2 aromatic carbocycles. The Bertz CT molecular complexity index is 549. The summed E-state index contributed by atoms with van der Waals surface area (Å²) in [6.07, 6.45) is 0. The molecule has 0 saturated heterocycles. The lowest BCUT2D eigenvalue weighted by Crippen LogP contribution is -2.31. The minimum absolute atomic E-state index is 0.335. The minimum Gasteiger partial charge on any atom is -0.372 e. The van der Waals surface area contributed by atoms with E-state index in [-0.39, 0.29) is 0 Å². The number of hydrogen-bond acceptors (Lipinski definition) is 2. The fraction of sp³-hybridized carbons (Fsp3) is 0.333. The SMILES string of the molecule is CNC(CN(C)c1ccc(C)cc1C)c1ccccc1. The van der Waals surface area contributed by atoms with Crippen LogP contribution in [0.4, 0.5) is 5.69 Å². The Morgan fingerprint density at radius 2 is 1.75 bits per heavy atom. The molecule has 0 amide bonds. The van der Waals surface area contributed by atoms with Crippen molar-refractivity contribution in [3.8, 4) is 0 Å². The van der Waals surface area contributed by atoms with E-state index in [2.05, 4.69) is 79.6 Å². The first kappa shape index (κ1) is 14.6. The first-order valence-corrected chi connectivity index (χ1v) is 7.12. The molecule has 2 nitrogen and oxygen atoms in total. The number of aryl methyl sites for hydroxylation is 2. The van der Waals surface area contributed by atoms with E-state index in [1.54, 1.807) is 0 Å². The molecular weight excluding hydrogens is 244 g/mol. The van der Waals surface area contributed by atoms with Crippen LogP contribution in [0.5, 0.6) is 0 Å². The zero-order chi connectivity index (χ0) is 14.5. The van der Waals surface area contributed by atoms with E-state index in [0.717, 1.165) is 6.54 Å². The Morgan fingerprint density at radius 3 is 2.35 bits per heavy atom. The smallest absolute Gasteiger partial charge is 0.0495 e. The van der Waals surface area contributed by atoms with Gasteiger partial charge in [-0.3, -0.25) is 0 Å². The summed E-state index contributed by atoms with van der Waals surface area (Å²) in [5, 5.41) is 3.41. The van der Waals surface area contributed by atoms with E-state index < -0.39 is 0 Å². The van der Waals surface area contributed by atoms with Crippen molar-refractivity contribution in [2.45, 2.75) is 19.9 Å². The van der Waals surface area contributed by atoms with Crippen LogP contribution in [0.15, 0.2) is 48.5 Å². The van der Waals surface area contributed by atoms with Gasteiger partial charge in [-0.25, -0.2) is 0 Å². The summed E-state index contributed by atoms with van der Waals surface area (Å²) in [7, 11) is 4.18. The summed E-state index contributed by atoms with van der Waals surface area (Å²) < 4.78 is 0. The van der Waals surface area contributed by atoms with Gasteiger partial charge in [0.15, 0.2) is 0 Å². The predicted octanol–water partition coefficient (Wildman–Crippen LogP) is 3.70. The van der Waals surface area contributed by atoms with Crippen molar-refractivity contribution in [1.82, 2.24) is 5.32 Å². The monoisotopic (exact) mass is 268 g/mol. The zero-order valence-corrected chi connectivity index (χ0v) is 12.9. The highest BCUT2D eigenvalue weighted by atomic mass is 15.1. The molecule has 1 unspecified atom stereocenters. The van der Waals surface area contributed by atoms with Gasteiger partial charge in [-0.05, 0) is 38.1 Å². The van der Waals surface area contributed by atoms with Crippen LogP contribution in [0, 0.1) is 13.8 Å². The van der Waals surface area contributed by atoms with Crippen LogP contribution in [0.3, 0.4) is 0 Å². The van der Waals surface area contributed by atoms with E-state index in [0.29, 0.717) is 6.04 Å². The van der Waals surface area contributed by atoms with Gasteiger partial charge in [0.2, 0.25) is 0 Å². The van der Waals surface area contributed by atoms with Crippen molar-refractivity contribution in [2.24, 2.45) is 0 Å². The summed E-state index contributed by atoms with van der Waals surface area (Å²) in [6, 6.07) is 17.6. The van der Waals surface area contributed by atoms with Crippen molar-refractivity contribution in [3.05, 3.63) is 65.2 Å². The maximum atomic E-state index is 3.41. The van der Waals surface area contributed by atoms with Crippen molar-refractivity contribution in [1.29, 1.82) is 0 Å². The van der Waals surface area contributed by atoms with Crippen LogP contribution in [-0.4, -0.2) is 20.6 Å². The highest BCUT2D eigenvalue weighted by Crippen LogP contribution is 2.22. The van der Waals surface area contributed by atoms with Gasteiger partial charge in [-0.2, -0.15) is 0 Å². The fourth-order valence-corrected chi connectivity index (χ4v) is 2.65. The second-order valence-electron chi connectivity index (χ2n) is 5.42. The number of hydrogen-bond donors (Lipinski definition) is 1. The number of anilines is 1. The topological polar surface area (TPSA) is 15.3 Å². The van der Waals surface area contributed by atoms with Crippen molar-refractivity contribution >= 4 is 5.69 Å². The molecule has 106 valence electrons. The number of nitrogens with zero attached hydrogens (tertiary/aromatic N) is 1. The highest BCUT2D eigenvalue weighted by Gasteiger charge is 2.13. The maximum absolute atomic E-state index is 3.41. The molecule has 0 aliphatic rings. The van der Waals surface area contributed by atoms with Crippen molar-refractivity contribution in [3.63, 3.8) is 0 Å². The van der Waals surface area contributed by atoms with Crippen LogP contribution >= 0.6 is 0 Å². The second kappa shape index (κ2) is 6.58. The molecule has 0 aliphatic heterocycles. The Hall–Kier alpha value is -1.80. The largest absolute Gasteiger partial charge is 0.372 e. The molecule has 0 saturated carbocycles. The van der Waals surface area contributed by atoms with Gasteiger partial charge in [0.1, 0.15) is 0 Å². The third-order valence-electron chi connectivity index (χ3n) is 3.77. The normalized spacial score (nSPS) is 12.2. The number of benzene rings is 2. The molecule has 1 N–H and O–H groups in total. The number of nitrogens with one attached hydrogen (secondary N) is 1. The van der Waals surface area contributed by atoms with Crippen molar-refractivity contribution in [2.75, 3.05) is 25.5 Å². The Kier molecular flexibility index (Phi) is 4.80. The summed E-state index contributed by atoms with van der Waals surface area (Å²) in [4.78, 5) is 2.32. The third-order valence-corrected chi connectivity index (χ3v) is 3.77. The van der Waals surface area contributed by atoms with Gasteiger partial charge in [-0.15, -0.1) is 0 Å². The average molecular weight is 268 g/mol. The molecule has 1 atom stereocenters. The summed E-state index contributed by atoms with van der Waals surface area (Å²) >= 11 is 0. The van der Waals surface area contributed by atoms with Gasteiger partial charge in [0.05, 0.1) is 0 Å². The quantitative estimate of drug-likeness (QED) is 0.889. The predicted molar refractivity (Wildman–Crippen MR) is 87.4 cm³/mol.